The minimum Gasteiger partial charge on any atom is -0.490 e. The van der Waals surface area contributed by atoms with Gasteiger partial charge in [0.1, 0.15) is 24.3 Å². The molecule has 0 saturated carbocycles. The van der Waals surface area contributed by atoms with Crippen molar-refractivity contribution in [3.05, 3.63) is 65.8 Å². The van der Waals surface area contributed by atoms with Crippen molar-refractivity contribution in [1.29, 1.82) is 0 Å². The number of hydrogen-bond acceptors (Lipinski definition) is 5. The molecule has 0 spiro atoms. The van der Waals surface area contributed by atoms with Crippen LogP contribution in [0.4, 0.5) is 5.82 Å². The average molecular weight is 398 g/mol. The minimum absolute atomic E-state index is 0.256. The quantitative estimate of drug-likeness (QED) is 0.690. The third-order valence-electron chi connectivity index (χ3n) is 5.08. The molecule has 146 valence electrons. The summed E-state index contributed by atoms with van der Waals surface area (Å²) in [6.45, 7) is 4.47. The Hall–Kier alpha value is -2.34. The highest BCUT2D eigenvalue weighted by atomic mass is 35.5. The Morgan fingerprint density at radius 1 is 0.964 bits per heavy atom. The monoisotopic (exact) mass is 397 g/mol. The van der Waals surface area contributed by atoms with Crippen LogP contribution in [0.15, 0.2) is 60.8 Å². The van der Waals surface area contributed by atoms with E-state index in [4.69, 9.17) is 16.3 Å². The number of hydrogen-bond donors (Lipinski definition) is 1. The Labute approximate surface area is 170 Å². The third-order valence-corrected chi connectivity index (χ3v) is 5.41. The summed E-state index contributed by atoms with van der Waals surface area (Å²) in [5.41, 5.74) is 0. The van der Waals surface area contributed by atoms with E-state index in [0.717, 1.165) is 48.5 Å². The standard InChI is InChI=1S/C22H24ClN3O2/c23-20-8-9-21(19-6-2-1-5-18(19)20)28-16-17(27)15-25-11-13-26(14-12-25)22-7-3-4-10-24-22/h1-10,17,27H,11-16H2/t17-/m1/s1. The molecule has 0 unspecified atom stereocenters. The first-order valence-corrected chi connectivity index (χ1v) is 9.95. The summed E-state index contributed by atoms with van der Waals surface area (Å²) in [6.07, 6.45) is 1.28. The van der Waals surface area contributed by atoms with Crippen LogP contribution in [0.3, 0.4) is 0 Å². The lowest BCUT2D eigenvalue weighted by atomic mass is 10.1. The zero-order valence-electron chi connectivity index (χ0n) is 15.7. The first-order chi connectivity index (χ1) is 13.7. The Balaban J connectivity index is 1.29. The van der Waals surface area contributed by atoms with Crippen LogP contribution in [0.2, 0.25) is 5.02 Å². The van der Waals surface area contributed by atoms with E-state index in [1.54, 1.807) is 0 Å². The molecule has 1 aliphatic rings. The second-order valence-corrected chi connectivity index (χ2v) is 7.44. The average Bonchev–Trinajstić information content (AvgIpc) is 2.75. The molecule has 1 fully saturated rings. The van der Waals surface area contributed by atoms with E-state index in [9.17, 15) is 5.11 Å². The van der Waals surface area contributed by atoms with E-state index >= 15 is 0 Å². The van der Waals surface area contributed by atoms with Gasteiger partial charge in [-0.1, -0.05) is 41.9 Å². The van der Waals surface area contributed by atoms with Gasteiger partial charge in [-0.3, -0.25) is 4.90 Å². The molecule has 2 heterocycles. The normalized spacial score (nSPS) is 16.3. The van der Waals surface area contributed by atoms with Gasteiger partial charge in [0.25, 0.3) is 0 Å². The summed E-state index contributed by atoms with van der Waals surface area (Å²) in [4.78, 5) is 8.96. The van der Waals surface area contributed by atoms with Crippen LogP contribution in [0, 0.1) is 0 Å². The summed E-state index contributed by atoms with van der Waals surface area (Å²) >= 11 is 6.26. The maximum Gasteiger partial charge on any atom is 0.128 e. The number of halogens is 1. The van der Waals surface area contributed by atoms with Gasteiger partial charge in [-0.25, -0.2) is 4.98 Å². The number of aromatic nitrogens is 1. The third kappa shape index (κ3) is 4.38. The summed E-state index contributed by atoms with van der Waals surface area (Å²) in [5, 5.41) is 13.1. The first-order valence-electron chi connectivity index (χ1n) is 9.57. The van der Waals surface area contributed by atoms with Crippen molar-refractivity contribution in [3.8, 4) is 5.75 Å². The van der Waals surface area contributed by atoms with Crippen molar-refractivity contribution in [2.45, 2.75) is 6.10 Å². The fraction of sp³-hybridized carbons (Fsp3) is 0.318. The molecule has 0 bridgehead atoms. The molecule has 0 aliphatic carbocycles. The molecule has 1 N–H and O–H groups in total. The van der Waals surface area contributed by atoms with E-state index in [1.165, 1.54) is 0 Å². The van der Waals surface area contributed by atoms with E-state index in [0.29, 0.717) is 11.6 Å². The van der Waals surface area contributed by atoms with Crippen LogP contribution >= 0.6 is 11.6 Å². The summed E-state index contributed by atoms with van der Waals surface area (Å²) in [5.74, 6) is 1.76. The largest absolute Gasteiger partial charge is 0.490 e. The molecule has 1 aliphatic heterocycles. The smallest absolute Gasteiger partial charge is 0.128 e. The van der Waals surface area contributed by atoms with Gasteiger partial charge in [-0.15, -0.1) is 0 Å². The van der Waals surface area contributed by atoms with Crippen molar-refractivity contribution in [2.24, 2.45) is 0 Å². The molecule has 1 atom stereocenters. The van der Waals surface area contributed by atoms with Crippen LogP contribution < -0.4 is 9.64 Å². The van der Waals surface area contributed by atoms with Crippen LogP contribution in [0.25, 0.3) is 10.8 Å². The highest BCUT2D eigenvalue weighted by Crippen LogP contribution is 2.31. The molecule has 1 aromatic heterocycles. The zero-order valence-corrected chi connectivity index (χ0v) is 16.4. The highest BCUT2D eigenvalue weighted by Gasteiger charge is 2.20. The van der Waals surface area contributed by atoms with Gasteiger partial charge in [0, 0.05) is 54.7 Å². The lowest BCUT2D eigenvalue weighted by Crippen LogP contribution is -2.49. The number of β-amino-alcohol motifs (C(OH)–C–C–N with tert-alkyl or cyclic N) is 1. The lowest BCUT2D eigenvalue weighted by molar-refractivity contribution is 0.0668. The predicted molar refractivity (Wildman–Crippen MR) is 113 cm³/mol. The van der Waals surface area contributed by atoms with E-state index in [1.807, 2.05) is 60.8 Å². The molecule has 3 aromatic rings. The Kier molecular flexibility index (Phi) is 5.95. The number of ether oxygens (including phenoxy) is 1. The number of nitrogens with zero attached hydrogens (tertiary/aromatic N) is 3. The molecule has 0 radical (unpaired) electrons. The van der Waals surface area contributed by atoms with Gasteiger partial charge in [0.15, 0.2) is 0 Å². The van der Waals surface area contributed by atoms with E-state index in [2.05, 4.69) is 14.8 Å². The second kappa shape index (κ2) is 8.78. The number of fused-ring (bicyclic) bond motifs is 1. The molecule has 6 heteroatoms. The number of rotatable bonds is 6. The molecule has 1 saturated heterocycles. The fourth-order valence-corrected chi connectivity index (χ4v) is 3.83. The summed E-state index contributed by atoms with van der Waals surface area (Å²) < 4.78 is 5.91. The number of benzene rings is 2. The van der Waals surface area contributed by atoms with Gasteiger partial charge >= 0.3 is 0 Å². The molecule has 0 amide bonds. The van der Waals surface area contributed by atoms with Gasteiger partial charge in [0.05, 0.1) is 0 Å². The summed E-state index contributed by atoms with van der Waals surface area (Å²) in [6, 6.07) is 17.6. The maximum atomic E-state index is 10.5. The SMILES string of the molecule is O[C@@H](COc1ccc(Cl)c2ccccc12)CN1CCN(c2ccccn2)CC1. The van der Waals surface area contributed by atoms with Crippen LogP contribution in [-0.4, -0.2) is 60.4 Å². The Morgan fingerprint density at radius 3 is 2.46 bits per heavy atom. The van der Waals surface area contributed by atoms with Gasteiger partial charge < -0.3 is 14.7 Å². The van der Waals surface area contributed by atoms with Crippen molar-refractivity contribution in [2.75, 3.05) is 44.2 Å². The lowest BCUT2D eigenvalue weighted by Gasteiger charge is -2.36. The van der Waals surface area contributed by atoms with Crippen LogP contribution in [-0.2, 0) is 0 Å². The minimum atomic E-state index is -0.546. The Bertz CT molecular complexity index is 914. The van der Waals surface area contributed by atoms with Gasteiger partial charge in [-0.05, 0) is 24.3 Å². The van der Waals surface area contributed by atoms with Crippen molar-refractivity contribution in [3.63, 3.8) is 0 Å². The first kappa shape index (κ1) is 19.0. The number of pyridine rings is 1. The molecule has 4 rings (SSSR count). The maximum absolute atomic E-state index is 10.5. The number of aliphatic hydroxyl groups is 1. The van der Waals surface area contributed by atoms with Gasteiger partial charge in [0.2, 0.25) is 0 Å². The molecular formula is C22H24ClN3O2. The van der Waals surface area contributed by atoms with E-state index in [-0.39, 0.29) is 6.61 Å². The topological polar surface area (TPSA) is 48.8 Å². The predicted octanol–water partition coefficient (Wildman–Crippen LogP) is 3.45. The van der Waals surface area contributed by atoms with Crippen molar-refractivity contribution in [1.82, 2.24) is 9.88 Å². The molecule has 5 nitrogen and oxygen atoms in total. The number of anilines is 1. The van der Waals surface area contributed by atoms with E-state index < -0.39 is 6.10 Å². The zero-order chi connectivity index (χ0) is 19.3. The van der Waals surface area contributed by atoms with Crippen LogP contribution in [0.1, 0.15) is 0 Å². The Morgan fingerprint density at radius 2 is 1.71 bits per heavy atom. The number of piperazine rings is 1. The van der Waals surface area contributed by atoms with Crippen molar-refractivity contribution >= 4 is 28.2 Å². The molecule has 2 aromatic carbocycles. The van der Waals surface area contributed by atoms with Crippen molar-refractivity contribution < 1.29 is 9.84 Å². The van der Waals surface area contributed by atoms with Crippen LogP contribution in [0.5, 0.6) is 5.75 Å². The summed E-state index contributed by atoms with van der Waals surface area (Å²) in [7, 11) is 0. The van der Waals surface area contributed by atoms with Gasteiger partial charge in [-0.2, -0.15) is 0 Å². The number of aliphatic hydroxyl groups excluding tert-OH is 1. The highest BCUT2D eigenvalue weighted by molar-refractivity contribution is 6.35. The molecule has 28 heavy (non-hydrogen) atoms. The second-order valence-electron chi connectivity index (χ2n) is 7.03. The molecular weight excluding hydrogens is 374 g/mol. The fourth-order valence-electron chi connectivity index (χ4n) is 3.60.